The average molecular weight is 1330 g/mol. The lowest BCUT2D eigenvalue weighted by Crippen LogP contribution is -2.11. The highest BCUT2D eigenvalue weighted by molar-refractivity contribution is 9.10. The van der Waals surface area contributed by atoms with E-state index in [9.17, 15) is 0 Å². The maximum Gasteiger partial charge on any atom is 0.117 e. The minimum absolute atomic E-state index is 0.947. The Bertz CT molecular complexity index is 6050. The Morgan fingerprint density at radius 2 is 0.645 bits per heavy atom. The molecule has 0 radical (unpaired) electrons. The second-order valence-electron chi connectivity index (χ2n) is 23.1. The molecular formula is C82H51BrN6S4. The summed E-state index contributed by atoms with van der Waals surface area (Å²) in [4.78, 5) is 2.43. The van der Waals surface area contributed by atoms with E-state index >= 15 is 0 Å². The quantitative estimate of drug-likeness (QED) is 0.173. The Balaban J connectivity index is 0.000000114. The monoisotopic (exact) mass is 1330 g/mol. The van der Waals surface area contributed by atoms with Crippen LogP contribution in [0.25, 0.3) is 136 Å². The molecule has 0 atom stereocenters. The van der Waals surface area contributed by atoms with Crippen LogP contribution in [0.4, 0.5) is 28.4 Å². The van der Waals surface area contributed by atoms with Gasteiger partial charge in [-0.1, -0.05) is 182 Å². The first kappa shape index (κ1) is 55.4. The Hall–Kier alpha value is -10.5. The molecule has 8 aromatic heterocycles. The van der Waals surface area contributed by atoms with Crippen LogP contribution in [0, 0.1) is 0 Å². The predicted molar refractivity (Wildman–Crippen MR) is 406 cm³/mol. The number of pyridine rings is 2. The van der Waals surface area contributed by atoms with Crippen LogP contribution in [-0.2, 0) is 0 Å². The molecule has 440 valence electrons. The van der Waals surface area contributed by atoms with Crippen LogP contribution in [0.1, 0.15) is 0 Å². The third kappa shape index (κ3) is 9.78. The van der Waals surface area contributed by atoms with Gasteiger partial charge in [-0.2, -0.15) is 10.2 Å². The summed E-state index contributed by atoms with van der Waals surface area (Å²) in [5, 5.41) is 26.5. The zero-order valence-electron chi connectivity index (χ0n) is 49.6. The largest absolute Gasteiger partial charge is 0.355 e. The molecule has 0 spiro atoms. The fraction of sp³-hybridized carbons (Fsp3) is 0. The van der Waals surface area contributed by atoms with Crippen molar-refractivity contribution in [1.29, 1.82) is 0 Å². The number of thiophene rings is 4. The molecule has 0 aliphatic rings. The number of hydrogen-bond donors (Lipinski definition) is 1. The normalized spacial score (nSPS) is 11.7. The highest BCUT2D eigenvalue weighted by atomic mass is 79.9. The lowest BCUT2D eigenvalue weighted by atomic mass is 10.1. The van der Waals surface area contributed by atoms with Gasteiger partial charge in [-0.25, -0.2) is 9.03 Å². The minimum Gasteiger partial charge on any atom is -0.355 e. The van der Waals surface area contributed by atoms with E-state index in [0.717, 1.165) is 82.9 Å². The molecule has 0 unspecified atom stereocenters. The van der Waals surface area contributed by atoms with Crippen LogP contribution in [0.15, 0.2) is 308 Å². The number of nitrogens with one attached hydrogen (secondary N) is 1. The van der Waals surface area contributed by atoms with E-state index < -0.39 is 0 Å². The number of para-hydroxylation sites is 2. The van der Waals surface area contributed by atoms with Gasteiger partial charge >= 0.3 is 0 Å². The third-order valence-corrected chi connectivity index (χ3v) is 22.9. The van der Waals surface area contributed by atoms with E-state index in [-0.39, 0.29) is 0 Å². The topological polar surface area (TPSA) is 49.9 Å². The molecule has 0 saturated carbocycles. The van der Waals surface area contributed by atoms with Gasteiger partial charge in [0.1, 0.15) is 17.1 Å². The fourth-order valence-electron chi connectivity index (χ4n) is 13.2. The van der Waals surface area contributed by atoms with Crippen molar-refractivity contribution in [2.75, 3.05) is 10.2 Å². The van der Waals surface area contributed by atoms with Crippen molar-refractivity contribution < 1.29 is 0 Å². The maximum atomic E-state index is 5.37. The average Bonchev–Trinajstić information content (AvgIpc) is 1.91. The van der Waals surface area contributed by atoms with Crippen molar-refractivity contribution in [1.82, 2.24) is 19.2 Å². The molecule has 93 heavy (non-hydrogen) atoms. The van der Waals surface area contributed by atoms with Crippen molar-refractivity contribution in [3.8, 4) is 22.5 Å². The molecule has 12 aromatic carbocycles. The van der Waals surface area contributed by atoms with E-state index in [1.165, 1.54) is 86.1 Å². The van der Waals surface area contributed by atoms with Crippen LogP contribution in [0.3, 0.4) is 0 Å². The van der Waals surface area contributed by atoms with Gasteiger partial charge in [-0.15, -0.1) is 45.3 Å². The first-order valence-corrected chi connectivity index (χ1v) is 34.9. The third-order valence-electron chi connectivity index (χ3n) is 17.5. The molecule has 11 heteroatoms. The Kier molecular flexibility index (Phi) is 13.7. The lowest BCUT2D eigenvalue weighted by Gasteiger charge is -2.26. The van der Waals surface area contributed by atoms with E-state index in [0.29, 0.717) is 0 Å². The second kappa shape index (κ2) is 23.0. The number of benzene rings is 12. The van der Waals surface area contributed by atoms with E-state index in [1.807, 2.05) is 80.2 Å². The van der Waals surface area contributed by atoms with E-state index in [4.69, 9.17) is 10.2 Å². The highest BCUT2D eigenvalue weighted by Crippen LogP contribution is 2.48. The summed E-state index contributed by atoms with van der Waals surface area (Å²) in [5.74, 6) is 0. The summed E-state index contributed by atoms with van der Waals surface area (Å²) >= 11 is 11.1. The second-order valence-corrected chi connectivity index (χ2v) is 28.2. The SMILES string of the molecule is Brc1c(-c2ccccc2)nn2c1ccc1ccccc12.c1ccc(-c2nn3c(ccc4ccccc43)c2N(c2ccc3sc4ccccc4c3c2)c2ccc3sc4ccccc4c3c2)cc1.c1ccc2c(c1)sc1ccc(Nc3ccc4sc5ccccc5c4c3)cc12. The van der Waals surface area contributed by atoms with Gasteiger partial charge in [-0.3, -0.25) is 0 Å². The van der Waals surface area contributed by atoms with Crippen molar-refractivity contribution >= 4 is 203 Å². The zero-order valence-corrected chi connectivity index (χ0v) is 54.5. The van der Waals surface area contributed by atoms with Gasteiger partial charge < -0.3 is 10.2 Å². The van der Waals surface area contributed by atoms with E-state index in [2.05, 4.69) is 304 Å². The molecule has 0 saturated heterocycles. The van der Waals surface area contributed by atoms with Gasteiger partial charge in [0.25, 0.3) is 0 Å². The first-order valence-electron chi connectivity index (χ1n) is 30.8. The smallest absolute Gasteiger partial charge is 0.117 e. The maximum absolute atomic E-state index is 5.37. The summed E-state index contributed by atoms with van der Waals surface area (Å²) in [6.45, 7) is 0. The van der Waals surface area contributed by atoms with Gasteiger partial charge in [0.2, 0.25) is 0 Å². The molecule has 20 aromatic rings. The minimum atomic E-state index is 0.947. The van der Waals surface area contributed by atoms with Crippen LogP contribution in [-0.4, -0.2) is 19.2 Å². The number of rotatable bonds is 7. The van der Waals surface area contributed by atoms with Gasteiger partial charge in [-0.05, 0) is 137 Å². The Labute approximate surface area is 558 Å². The van der Waals surface area contributed by atoms with Crippen LogP contribution in [0.5, 0.6) is 0 Å². The molecule has 1 N–H and O–H groups in total. The van der Waals surface area contributed by atoms with Gasteiger partial charge in [0, 0.05) is 125 Å². The highest BCUT2D eigenvalue weighted by Gasteiger charge is 2.26. The summed E-state index contributed by atoms with van der Waals surface area (Å²) < 4.78 is 15.7. The Morgan fingerprint density at radius 1 is 0.290 bits per heavy atom. The molecule has 0 aliphatic carbocycles. The van der Waals surface area contributed by atoms with Gasteiger partial charge in [0.05, 0.1) is 26.5 Å². The molecular weight excluding hydrogens is 1280 g/mol. The Morgan fingerprint density at radius 3 is 1.12 bits per heavy atom. The standard InChI is InChI=1S/C41H25N3S2.C24H15NS2.C17H11BrN2/c1-2-11-27(12-3-1)40-41(35-21-18-26-10-4-7-15-34(26)44(35)42-40)43(28-19-22-38-32(24-28)30-13-5-8-16-36(30)45-38)29-20-23-39-33(25-29)31-14-6-9-17-37(31)46-39;1-3-7-21-17(5-1)19-13-15(9-11-23(19)26-21)25-16-10-12-24-20(14-16)18-6-2-4-8-22(18)27-24;18-16-15-11-10-12-6-4-5-9-14(12)20(15)19-17(16)13-7-2-1-3-8-13/h1-25H;1-14,25H;1-11H. The lowest BCUT2D eigenvalue weighted by molar-refractivity contribution is 1.01. The summed E-state index contributed by atoms with van der Waals surface area (Å²) in [5.41, 5.74) is 14.0. The van der Waals surface area contributed by atoms with E-state index in [1.54, 1.807) is 0 Å². The number of aromatic nitrogens is 4. The summed E-state index contributed by atoms with van der Waals surface area (Å²) in [6.07, 6.45) is 0. The number of hydrogen-bond acceptors (Lipinski definition) is 8. The number of anilines is 5. The summed E-state index contributed by atoms with van der Waals surface area (Å²) in [6, 6.07) is 108. The number of nitrogens with zero attached hydrogens (tertiary/aromatic N) is 5. The molecule has 8 heterocycles. The van der Waals surface area contributed by atoms with Crippen LogP contribution >= 0.6 is 61.3 Å². The van der Waals surface area contributed by atoms with Crippen LogP contribution in [0.2, 0.25) is 0 Å². The van der Waals surface area contributed by atoms with Crippen molar-refractivity contribution in [3.63, 3.8) is 0 Å². The molecule has 0 aliphatic heterocycles. The molecule has 6 nitrogen and oxygen atoms in total. The van der Waals surface area contributed by atoms with Gasteiger partial charge in [0.15, 0.2) is 0 Å². The molecule has 0 fully saturated rings. The fourth-order valence-corrected chi connectivity index (χ4v) is 18.1. The van der Waals surface area contributed by atoms with Crippen molar-refractivity contribution in [3.05, 3.63) is 308 Å². The molecule has 0 amide bonds. The summed E-state index contributed by atoms with van der Waals surface area (Å²) in [7, 11) is 0. The van der Waals surface area contributed by atoms with Crippen molar-refractivity contribution in [2.24, 2.45) is 0 Å². The predicted octanol–water partition coefficient (Wildman–Crippen LogP) is 25.4. The number of fused-ring (bicyclic) bond motifs is 18. The molecule has 20 rings (SSSR count). The van der Waals surface area contributed by atoms with Crippen LogP contribution < -0.4 is 10.2 Å². The first-order chi connectivity index (χ1) is 46.0. The zero-order chi connectivity index (χ0) is 61.5. The molecule has 0 bridgehead atoms. The number of halogens is 1. The van der Waals surface area contributed by atoms with Crippen molar-refractivity contribution in [2.45, 2.75) is 0 Å².